The summed E-state index contributed by atoms with van der Waals surface area (Å²) in [6.07, 6.45) is 0. The molecule has 0 saturated heterocycles. The van der Waals surface area contributed by atoms with Gasteiger partial charge in [0, 0.05) is 5.56 Å². The predicted octanol–water partition coefficient (Wildman–Crippen LogP) is 6.80. The first-order valence-corrected chi connectivity index (χ1v) is 11.4. The van der Waals surface area contributed by atoms with E-state index in [9.17, 15) is 14.4 Å². The Balaban J connectivity index is 1.83. The molecule has 0 saturated carbocycles. The lowest BCUT2D eigenvalue weighted by Crippen LogP contribution is -1.95. The molecular formula is C26H19O4P. The van der Waals surface area contributed by atoms with Crippen molar-refractivity contribution in [2.24, 2.45) is 0 Å². The molecule has 0 heterocycles. The lowest BCUT2D eigenvalue weighted by atomic mass is 9.90. The van der Waals surface area contributed by atoms with Crippen LogP contribution in [0.25, 0.3) is 43.8 Å². The topological polar surface area (TPSA) is 66.8 Å². The SMILES string of the molecule is O=P(O)(O)Oc1cccc(-c2cccc3ccccc23)c1-c1ccc2ccccc2c1. The van der Waals surface area contributed by atoms with Gasteiger partial charge in [-0.3, -0.25) is 9.79 Å². The Bertz CT molecular complexity index is 1460. The highest BCUT2D eigenvalue weighted by Gasteiger charge is 2.22. The molecule has 0 aromatic heterocycles. The normalized spacial score (nSPS) is 11.7. The van der Waals surface area contributed by atoms with Gasteiger partial charge in [0.2, 0.25) is 0 Å². The highest BCUT2D eigenvalue weighted by atomic mass is 31.2. The standard InChI is InChI=1S/C26H19O4P/c27-31(28,29)30-25-14-6-13-24(23-12-5-10-19-8-3-4-11-22(19)23)26(25)21-16-15-18-7-1-2-9-20(18)17-21/h1-17H,(H2,27,28,29). The molecule has 4 nitrogen and oxygen atoms in total. The molecule has 0 unspecified atom stereocenters. The number of phosphoric acid groups is 1. The first-order chi connectivity index (χ1) is 15.0. The first-order valence-electron chi connectivity index (χ1n) is 9.85. The second kappa shape index (κ2) is 7.68. The van der Waals surface area contributed by atoms with Gasteiger partial charge in [0.15, 0.2) is 0 Å². The Kier molecular flexibility index (Phi) is 4.84. The molecule has 0 amide bonds. The van der Waals surface area contributed by atoms with Gasteiger partial charge in [-0.05, 0) is 50.4 Å². The lowest BCUT2D eigenvalue weighted by molar-refractivity contribution is 0.283. The van der Waals surface area contributed by atoms with Crippen molar-refractivity contribution in [1.29, 1.82) is 0 Å². The second-order valence-electron chi connectivity index (χ2n) is 7.35. The number of hydrogen-bond donors (Lipinski definition) is 2. The fourth-order valence-corrected chi connectivity index (χ4v) is 4.47. The maximum absolute atomic E-state index is 11.7. The minimum atomic E-state index is -4.74. The van der Waals surface area contributed by atoms with Crippen LogP contribution in [-0.4, -0.2) is 9.79 Å². The van der Waals surface area contributed by atoms with Crippen LogP contribution in [0, 0.1) is 0 Å². The summed E-state index contributed by atoms with van der Waals surface area (Å²) in [5.74, 6) is 0.147. The Morgan fingerprint density at radius 3 is 2.06 bits per heavy atom. The molecule has 5 heteroatoms. The highest BCUT2D eigenvalue weighted by molar-refractivity contribution is 7.46. The van der Waals surface area contributed by atoms with E-state index in [4.69, 9.17) is 4.52 Å². The van der Waals surface area contributed by atoms with Crippen LogP contribution in [-0.2, 0) is 4.57 Å². The quantitative estimate of drug-likeness (QED) is 0.310. The third kappa shape index (κ3) is 3.85. The van der Waals surface area contributed by atoms with Crippen LogP contribution >= 0.6 is 7.82 Å². The van der Waals surface area contributed by atoms with E-state index in [0.717, 1.165) is 38.2 Å². The minimum Gasteiger partial charge on any atom is -0.404 e. The zero-order valence-corrected chi connectivity index (χ0v) is 17.4. The Morgan fingerprint density at radius 1 is 0.613 bits per heavy atom. The third-order valence-corrected chi connectivity index (χ3v) is 5.80. The molecule has 0 spiro atoms. The molecule has 5 aromatic carbocycles. The van der Waals surface area contributed by atoms with E-state index in [2.05, 4.69) is 0 Å². The average molecular weight is 426 g/mol. The average Bonchev–Trinajstić information content (AvgIpc) is 2.77. The fraction of sp³-hybridized carbons (Fsp3) is 0. The summed E-state index contributed by atoms with van der Waals surface area (Å²) < 4.78 is 16.9. The minimum absolute atomic E-state index is 0.147. The van der Waals surface area contributed by atoms with Crippen molar-refractivity contribution >= 4 is 29.4 Å². The van der Waals surface area contributed by atoms with E-state index in [1.54, 1.807) is 12.1 Å². The van der Waals surface area contributed by atoms with Gasteiger partial charge < -0.3 is 4.52 Å². The van der Waals surface area contributed by atoms with Crippen molar-refractivity contribution in [1.82, 2.24) is 0 Å². The van der Waals surface area contributed by atoms with Gasteiger partial charge in [-0.1, -0.05) is 91.0 Å². The summed E-state index contributed by atoms with van der Waals surface area (Å²) in [4.78, 5) is 19.1. The van der Waals surface area contributed by atoms with Crippen LogP contribution in [0.3, 0.4) is 0 Å². The molecule has 0 aliphatic rings. The zero-order chi connectivity index (χ0) is 21.4. The molecule has 5 rings (SSSR count). The molecular weight excluding hydrogens is 407 g/mol. The second-order valence-corrected chi connectivity index (χ2v) is 8.51. The van der Waals surface area contributed by atoms with Gasteiger partial charge in [-0.2, -0.15) is 0 Å². The summed E-state index contributed by atoms with van der Waals surface area (Å²) in [7, 11) is -4.74. The number of rotatable bonds is 4. The van der Waals surface area contributed by atoms with Crippen LogP contribution in [0.15, 0.2) is 103 Å². The van der Waals surface area contributed by atoms with E-state index in [1.807, 2.05) is 91.0 Å². The van der Waals surface area contributed by atoms with Crippen molar-refractivity contribution in [3.05, 3.63) is 103 Å². The van der Waals surface area contributed by atoms with E-state index in [-0.39, 0.29) is 5.75 Å². The van der Waals surface area contributed by atoms with Crippen molar-refractivity contribution in [3.63, 3.8) is 0 Å². The Labute approximate surface area is 179 Å². The number of hydrogen-bond acceptors (Lipinski definition) is 2. The molecule has 0 bridgehead atoms. The van der Waals surface area contributed by atoms with Gasteiger partial charge in [0.1, 0.15) is 5.75 Å². The largest absolute Gasteiger partial charge is 0.524 e. The third-order valence-electron chi connectivity index (χ3n) is 5.36. The molecule has 0 atom stereocenters. The maximum atomic E-state index is 11.7. The Morgan fingerprint density at radius 2 is 1.26 bits per heavy atom. The summed E-state index contributed by atoms with van der Waals surface area (Å²) >= 11 is 0. The molecule has 0 radical (unpaired) electrons. The summed E-state index contributed by atoms with van der Waals surface area (Å²) in [6.45, 7) is 0. The van der Waals surface area contributed by atoms with Crippen molar-refractivity contribution in [2.75, 3.05) is 0 Å². The molecule has 0 fully saturated rings. The van der Waals surface area contributed by atoms with Crippen molar-refractivity contribution in [3.8, 4) is 28.0 Å². The van der Waals surface area contributed by atoms with Gasteiger partial charge in [-0.25, -0.2) is 4.57 Å². The van der Waals surface area contributed by atoms with Crippen molar-refractivity contribution in [2.45, 2.75) is 0 Å². The molecule has 2 N–H and O–H groups in total. The highest BCUT2D eigenvalue weighted by Crippen LogP contribution is 2.47. The smallest absolute Gasteiger partial charge is 0.404 e. The van der Waals surface area contributed by atoms with Gasteiger partial charge in [0.25, 0.3) is 0 Å². The van der Waals surface area contributed by atoms with Gasteiger partial charge >= 0.3 is 7.82 Å². The summed E-state index contributed by atoms with van der Waals surface area (Å²) in [6, 6.07) is 33.4. The van der Waals surface area contributed by atoms with E-state index in [0.29, 0.717) is 5.56 Å². The number of fused-ring (bicyclic) bond motifs is 2. The summed E-state index contributed by atoms with van der Waals surface area (Å²) in [5, 5.41) is 4.27. The molecule has 0 aliphatic heterocycles. The Hall–Kier alpha value is -3.43. The van der Waals surface area contributed by atoms with Gasteiger partial charge in [-0.15, -0.1) is 0 Å². The van der Waals surface area contributed by atoms with Crippen LogP contribution in [0.2, 0.25) is 0 Å². The van der Waals surface area contributed by atoms with E-state index >= 15 is 0 Å². The molecule has 0 aliphatic carbocycles. The lowest BCUT2D eigenvalue weighted by Gasteiger charge is -2.18. The fourth-order valence-electron chi connectivity index (χ4n) is 4.06. The number of phosphoric ester groups is 1. The monoisotopic (exact) mass is 426 g/mol. The molecule has 31 heavy (non-hydrogen) atoms. The first kappa shape index (κ1) is 19.5. The van der Waals surface area contributed by atoms with Gasteiger partial charge in [0.05, 0.1) is 0 Å². The maximum Gasteiger partial charge on any atom is 0.524 e. The zero-order valence-electron chi connectivity index (χ0n) is 16.5. The number of benzene rings is 5. The van der Waals surface area contributed by atoms with Crippen molar-refractivity contribution < 1.29 is 18.9 Å². The predicted molar refractivity (Wildman–Crippen MR) is 125 cm³/mol. The molecule has 152 valence electrons. The van der Waals surface area contributed by atoms with Crippen LogP contribution in [0.5, 0.6) is 5.75 Å². The van der Waals surface area contributed by atoms with E-state index < -0.39 is 7.82 Å². The van der Waals surface area contributed by atoms with Crippen LogP contribution in [0.1, 0.15) is 0 Å². The van der Waals surface area contributed by atoms with Crippen LogP contribution in [0.4, 0.5) is 0 Å². The summed E-state index contributed by atoms with van der Waals surface area (Å²) in [5.41, 5.74) is 3.29. The molecule has 5 aromatic rings. The van der Waals surface area contributed by atoms with Crippen LogP contribution < -0.4 is 4.52 Å². The van der Waals surface area contributed by atoms with E-state index in [1.165, 1.54) is 0 Å².